The number of carbonyl (C=O) groups excluding carboxylic acids is 2. The second kappa shape index (κ2) is 5.93. The van der Waals surface area contributed by atoms with Gasteiger partial charge in [0, 0.05) is 24.3 Å². The van der Waals surface area contributed by atoms with Crippen molar-refractivity contribution in [2.45, 2.75) is 33.2 Å². The average Bonchev–Trinajstić information content (AvgIpc) is 3.04. The fraction of sp³-hybridized carbons (Fsp3) is 0.857. The van der Waals surface area contributed by atoms with Crippen LogP contribution in [-0.4, -0.2) is 58.9 Å². The van der Waals surface area contributed by atoms with Gasteiger partial charge in [-0.25, -0.2) is 0 Å². The van der Waals surface area contributed by atoms with E-state index >= 15 is 0 Å². The van der Waals surface area contributed by atoms with E-state index in [0.29, 0.717) is 24.1 Å². The molecule has 0 spiro atoms. The number of rotatable bonds is 2. The highest BCUT2D eigenvalue weighted by molar-refractivity contribution is 7.99. The van der Waals surface area contributed by atoms with Gasteiger partial charge in [-0.1, -0.05) is 20.8 Å². The van der Waals surface area contributed by atoms with E-state index in [1.165, 1.54) is 0 Å². The smallest absolute Gasteiger partial charge is 0.246 e. The maximum atomic E-state index is 12.6. The number of likely N-dealkylation sites (tertiary alicyclic amines) is 1. The molecule has 2 heterocycles. The molecule has 0 aliphatic carbocycles. The van der Waals surface area contributed by atoms with Gasteiger partial charge in [0.1, 0.15) is 6.04 Å². The lowest BCUT2D eigenvalue weighted by Gasteiger charge is -2.31. The molecule has 2 aliphatic rings. The summed E-state index contributed by atoms with van der Waals surface area (Å²) in [4.78, 5) is 28.7. The molecule has 20 heavy (non-hydrogen) atoms. The first-order valence-corrected chi connectivity index (χ1v) is 8.37. The van der Waals surface area contributed by atoms with E-state index in [1.807, 2.05) is 25.7 Å². The molecule has 0 aromatic carbocycles. The fourth-order valence-corrected chi connectivity index (χ4v) is 3.86. The van der Waals surface area contributed by atoms with Crippen molar-refractivity contribution in [2.75, 3.05) is 31.3 Å². The van der Waals surface area contributed by atoms with E-state index in [9.17, 15) is 9.59 Å². The summed E-state index contributed by atoms with van der Waals surface area (Å²) in [5, 5.41) is 0. The van der Waals surface area contributed by atoms with Gasteiger partial charge in [-0.05, 0) is 18.9 Å². The van der Waals surface area contributed by atoms with Crippen molar-refractivity contribution in [3.63, 3.8) is 0 Å². The maximum absolute atomic E-state index is 12.6. The van der Waals surface area contributed by atoms with Crippen molar-refractivity contribution in [1.82, 2.24) is 9.80 Å². The van der Waals surface area contributed by atoms with Crippen molar-refractivity contribution in [2.24, 2.45) is 17.1 Å². The highest BCUT2D eigenvalue weighted by atomic mass is 32.2. The Labute approximate surface area is 125 Å². The van der Waals surface area contributed by atoms with E-state index in [-0.39, 0.29) is 17.9 Å². The van der Waals surface area contributed by atoms with E-state index in [4.69, 9.17) is 5.73 Å². The minimum Gasteiger partial charge on any atom is -0.341 e. The number of hydrogen-bond acceptors (Lipinski definition) is 4. The third-order valence-electron chi connectivity index (χ3n) is 4.00. The predicted molar refractivity (Wildman–Crippen MR) is 81.2 cm³/mol. The van der Waals surface area contributed by atoms with Crippen molar-refractivity contribution in [3.8, 4) is 0 Å². The number of nitrogens with zero attached hydrogens (tertiary/aromatic N) is 2. The molecule has 2 rings (SSSR count). The molecule has 0 bridgehead atoms. The molecule has 0 aromatic heterocycles. The Morgan fingerprint density at radius 3 is 2.60 bits per heavy atom. The van der Waals surface area contributed by atoms with Gasteiger partial charge in [0.2, 0.25) is 11.8 Å². The van der Waals surface area contributed by atoms with Crippen LogP contribution in [0.15, 0.2) is 0 Å². The fourth-order valence-electron chi connectivity index (χ4n) is 2.71. The van der Waals surface area contributed by atoms with Crippen LogP contribution in [0.25, 0.3) is 0 Å². The maximum Gasteiger partial charge on any atom is 0.246 e. The molecule has 114 valence electrons. The highest BCUT2D eigenvalue weighted by Crippen LogP contribution is 2.29. The molecular formula is C14H25N3O2S. The number of thioether (sulfide) groups is 1. The number of nitrogens with two attached hydrogens (primary N) is 1. The van der Waals surface area contributed by atoms with Gasteiger partial charge in [-0.2, -0.15) is 0 Å². The minimum absolute atomic E-state index is 0.0652. The molecule has 2 saturated heterocycles. The number of hydrogen-bond donors (Lipinski definition) is 1. The summed E-state index contributed by atoms with van der Waals surface area (Å²) in [7, 11) is 0. The summed E-state index contributed by atoms with van der Waals surface area (Å²) in [5.74, 6) is 1.92. The first kappa shape index (κ1) is 15.6. The molecule has 2 amide bonds. The lowest BCUT2D eigenvalue weighted by Crippen LogP contribution is -2.51. The normalized spacial score (nSPS) is 27.2. The molecule has 0 saturated carbocycles. The van der Waals surface area contributed by atoms with Crippen LogP contribution in [0, 0.1) is 11.3 Å². The van der Waals surface area contributed by atoms with Crippen LogP contribution in [0.3, 0.4) is 0 Å². The summed E-state index contributed by atoms with van der Waals surface area (Å²) < 4.78 is 0. The SMILES string of the molecule is CC(C)(C)C(=O)N1CSCC1C(=O)N1CCC(CN)C1. The predicted octanol–water partition coefficient (Wildman–Crippen LogP) is 0.741. The lowest BCUT2D eigenvalue weighted by atomic mass is 9.94. The third kappa shape index (κ3) is 3.11. The molecular weight excluding hydrogens is 274 g/mol. The Kier molecular flexibility index (Phi) is 4.64. The van der Waals surface area contributed by atoms with Crippen molar-refractivity contribution >= 4 is 23.6 Å². The standard InChI is InChI=1S/C14H25N3O2S/c1-14(2,3)13(19)17-9-20-8-11(17)12(18)16-5-4-10(6-15)7-16/h10-11H,4-9,15H2,1-3H3. The minimum atomic E-state index is -0.436. The molecule has 2 N–H and O–H groups in total. The summed E-state index contributed by atoms with van der Waals surface area (Å²) >= 11 is 1.66. The van der Waals surface area contributed by atoms with E-state index < -0.39 is 5.41 Å². The quantitative estimate of drug-likeness (QED) is 0.817. The van der Waals surface area contributed by atoms with Gasteiger partial charge in [-0.3, -0.25) is 9.59 Å². The van der Waals surface area contributed by atoms with E-state index in [2.05, 4.69) is 0 Å². The van der Waals surface area contributed by atoms with Crippen LogP contribution >= 0.6 is 11.8 Å². The van der Waals surface area contributed by atoms with Gasteiger partial charge in [-0.15, -0.1) is 11.8 Å². The Morgan fingerprint density at radius 1 is 1.35 bits per heavy atom. The summed E-state index contributed by atoms with van der Waals surface area (Å²) in [6, 6.07) is -0.289. The van der Waals surface area contributed by atoms with Crippen LogP contribution in [0.4, 0.5) is 0 Å². The van der Waals surface area contributed by atoms with Gasteiger partial charge >= 0.3 is 0 Å². The van der Waals surface area contributed by atoms with E-state index in [0.717, 1.165) is 19.5 Å². The van der Waals surface area contributed by atoms with E-state index in [1.54, 1.807) is 16.7 Å². The van der Waals surface area contributed by atoms with Gasteiger partial charge in [0.25, 0.3) is 0 Å². The second-order valence-corrected chi connectivity index (χ2v) is 7.72. The lowest BCUT2D eigenvalue weighted by molar-refractivity contribution is -0.147. The average molecular weight is 299 g/mol. The number of carbonyl (C=O) groups is 2. The summed E-state index contributed by atoms with van der Waals surface area (Å²) in [6.07, 6.45) is 0.981. The first-order chi connectivity index (χ1) is 9.34. The highest BCUT2D eigenvalue weighted by Gasteiger charge is 2.41. The van der Waals surface area contributed by atoms with Crippen LogP contribution < -0.4 is 5.73 Å². The third-order valence-corrected chi connectivity index (χ3v) is 5.01. The zero-order valence-electron chi connectivity index (χ0n) is 12.6. The zero-order chi connectivity index (χ0) is 14.9. The summed E-state index contributed by atoms with van der Waals surface area (Å²) in [6.45, 7) is 7.86. The molecule has 6 heteroatoms. The number of amides is 2. The molecule has 2 aliphatic heterocycles. The molecule has 0 aromatic rings. The topological polar surface area (TPSA) is 66.6 Å². The molecule has 2 unspecified atom stereocenters. The van der Waals surface area contributed by atoms with Crippen molar-refractivity contribution < 1.29 is 9.59 Å². The zero-order valence-corrected chi connectivity index (χ0v) is 13.4. The van der Waals surface area contributed by atoms with Crippen molar-refractivity contribution in [1.29, 1.82) is 0 Å². The van der Waals surface area contributed by atoms with Crippen LogP contribution in [0.1, 0.15) is 27.2 Å². The summed E-state index contributed by atoms with van der Waals surface area (Å²) in [5.41, 5.74) is 5.24. The molecule has 2 fully saturated rings. The first-order valence-electron chi connectivity index (χ1n) is 7.22. The van der Waals surface area contributed by atoms with Crippen LogP contribution in [0.2, 0.25) is 0 Å². The van der Waals surface area contributed by atoms with Gasteiger partial charge < -0.3 is 15.5 Å². The largest absolute Gasteiger partial charge is 0.341 e. The second-order valence-electron chi connectivity index (χ2n) is 6.72. The van der Waals surface area contributed by atoms with Gasteiger partial charge in [0.15, 0.2) is 0 Å². The Morgan fingerprint density at radius 2 is 2.05 bits per heavy atom. The molecule has 0 radical (unpaired) electrons. The molecule has 2 atom stereocenters. The Bertz CT molecular complexity index is 394. The Hall–Kier alpha value is -0.750. The van der Waals surface area contributed by atoms with Crippen LogP contribution in [0.5, 0.6) is 0 Å². The van der Waals surface area contributed by atoms with Crippen molar-refractivity contribution in [3.05, 3.63) is 0 Å². The van der Waals surface area contributed by atoms with Gasteiger partial charge in [0.05, 0.1) is 5.88 Å². The van der Waals surface area contributed by atoms with Crippen LogP contribution in [-0.2, 0) is 9.59 Å². The Balaban J connectivity index is 2.04. The molecule has 5 nitrogen and oxygen atoms in total. The monoisotopic (exact) mass is 299 g/mol.